The van der Waals surface area contributed by atoms with Crippen LogP contribution in [0.15, 0.2) is 59.0 Å². The van der Waals surface area contributed by atoms with Gasteiger partial charge in [0.15, 0.2) is 5.76 Å². The van der Waals surface area contributed by atoms with Crippen molar-refractivity contribution in [1.82, 2.24) is 5.32 Å². The number of hydrogen-bond donors (Lipinski definition) is 2. The molecule has 1 atom stereocenters. The van der Waals surface area contributed by atoms with E-state index in [4.69, 9.17) is 9.15 Å². The van der Waals surface area contributed by atoms with E-state index in [9.17, 15) is 14.0 Å². The van der Waals surface area contributed by atoms with Gasteiger partial charge in [0.1, 0.15) is 23.9 Å². The third kappa shape index (κ3) is 4.51. The normalized spacial score (nSPS) is 13.9. The van der Waals surface area contributed by atoms with Crippen LogP contribution in [-0.4, -0.2) is 11.8 Å². The summed E-state index contributed by atoms with van der Waals surface area (Å²) in [5, 5.41) is 5.62. The molecule has 1 aromatic heterocycles. The zero-order valence-corrected chi connectivity index (χ0v) is 16.4. The Labute approximate surface area is 173 Å². The minimum atomic E-state index is -0.387. The summed E-state index contributed by atoms with van der Waals surface area (Å²) in [6.07, 6.45) is 1.13. The van der Waals surface area contributed by atoms with Gasteiger partial charge in [-0.15, -0.1) is 0 Å². The molecule has 4 rings (SSSR count). The van der Waals surface area contributed by atoms with Crippen LogP contribution >= 0.6 is 0 Å². The summed E-state index contributed by atoms with van der Waals surface area (Å²) in [4.78, 5) is 23.9. The second-order valence-corrected chi connectivity index (χ2v) is 7.17. The number of anilines is 1. The molecule has 3 aromatic rings. The number of halogens is 1. The first-order valence-electron chi connectivity index (χ1n) is 9.68. The van der Waals surface area contributed by atoms with Crippen molar-refractivity contribution < 1.29 is 23.1 Å². The van der Waals surface area contributed by atoms with Gasteiger partial charge in [-0.05, 0) is 66.9 Å². The van der Waals surface area contributed by atoms with Crippen LogP contribution < -0.4 is 15.4 Å². The topological polar surface area (TPSA) is 80.6 Å². The number of carbonyl (C=O) groups is 2. The second-order valence-electron chi connectivity index (χ2n) is 7.17. The number of aryl methyl sites for hydroxylation is 1. The second kappa shape index (κ2) is 8.41. The van der Waals surface area contributed by atoms with Gasteiger partial charge >= 0.3 is 0 Å². The van der Waals surface area contributed by atoms with Crippen molar-refractivity contribution in [1.29, 1.82) is 0 Å². The van der Waals surface area contributed by atoms with Gasteiger partial charge < -0.3 is 19.8 Å². The van der Waals surface area contributed by atoms with Crippen LogP contribution in [0.3, 0.4) is 0 Å². The van der Waals surface area contributed by atoms with Gasteiger partial charge in [-0.2, -0.15) is 0 Å². The molecular formula is C23H21FN2O4. The number of ether oxygens (including phenoxy) is 1. The number of benzene rings is 2. The van der Waals surface area contributed by atoms with Crippen molar-refractivity contribution in [3.63, 3.8) is 0 Å². The van der Waals surface area contributed by atoms with Crippen LogP contribution in [0.2, 0.25) is 0 Å². The monoisotopic (exact) mass is 408 g/mol. The van der Waals surface area contributed by atoms with Crippen LogP contribution in [-0.2, 0) is 17.8 Å². The van der Waals surface area contributed by atoms with Crippen molar-refractivity contribution in [2.24, 2.45) is 0 Å². The molecule has 1 aliphatic rings. The number of nitrogens with one attached hydrogen (secondary N) is 2. The Morgan fingerprint density at radius 1 is 1.20 bits per heavy atom. The van der Waals surface area contributed by atoms with E-state index < -0.39 is 0 Å². The zero-order chi connectivity index (χ0) is 21.1. The van der Waals surface area contributed by atoms with Gasteiger partial charge in [0.2, 0.25) is 5.91 Å². The number of amides is 2. The largest absolute Gasteiger partial charge is 0.486 e. The summed E-state index contributed by atoms with van der Waals surface area (Å²) in [5.41, 5.74) is 2.50. The average molecular weight is 408 g/mol. The van der Waals surface area contributed by atoms with E-state index in [-0.39, 0.29) is 36.0 Å². The summed E-state index contributed by atoms with van der Waals surface area (Å²) in [5.74, 6) is 0.601. The predicted molar refractivity (Wildman–Crippen MR) is 109 cm³/mol. The summed E-state index contributed by atoms with van der Waals surface area (Å²) in [7, 11) is 0. The average Bonchev–Trinajstić information content (AvgIpc) is 3.21. The molecule has 154 valence electrons. The maximum Gasteiger partial charge on any atom is 0.287 e. The number of rotatable bonds is 6. The Morgan fingerprint density at radius 2 is 2.07 bits per heavy atom. The third-order valence-corrected chi connectivity index (χ3v) is 4.94. The van der Waals surface area contributed by atoms with Gasteiger partial charge in [0.05, 0.1) is 6.04 Å². The fraction of sp³-hybridized carbons (Fsp3) is 0.217. The molecule has 0 radical (unpaired) electrons. The Balaban J connectivity index is 1.35. The molecule has 0 saturated heterocycles. The molecule has 6 nitrogen and oxygen atoms in total. The fourth-order valence-electron chi connectivity index (χ4n) is 3.31. The Kier molecular flexibility index (Phi) is 5.52. The molecule has 7 heteroatoms. The highest BCUT2D eigenvalue weighted by atomic mass is 19.1. The van der Waals surface area contributed by atoms with E-state index in [1.807, 2.05) is 12.1 Å². The van der Waals surface area contributed by atoms with Gasteiger partial charge in [-0.1, -0.05) is 12.1 Å². The van der Waals surface area contributed by atoms with E-state index in [1.54, 1.807) is 37.3 Å². The predicted octanol–water partition coefficient (Wildman–Crippen LogP) is 4.37. The van der Waals surface area contributed by atoms with Crippen molar-refractivity contribution >= 4 is 17.5 Å². The highest BCUT2D eigenvalue weighted by Crippen LogP contribution is 2.27. The standard InChI is InChI=1S/C23H21FN2O4/c1-14(15-3-2-4-17(24)11-15)25-23(28)21-9-7-19(30-21)13-29-18-6-8-20-16(12-18)5-10-22(27)26-20/h2-4,6-9,11-12,14H,5,10,13H2,1H3,(H,25,28)(H,26,27)/t14-/m0/s1. The first-order valence-corrected chi connectivity index (χ1v) is 9.68. The molecule has 2 heterocycles. The quantitative estimate of drug-likeness (QED) is 0.635. The van der Waals surface area contributed by atoms with Gasteiger partial charge in [0, 0.05) is 12.1 Å². The number of carbonyl (C=O) groups excluding carboxylic acids is 2. The lowest BCUT2D eigenvalue weighted by molar-refractivity contribution is -0.116. The molecule has 1 aliphatic heterocycles. The minimum Gasteiger partial charge on any atom is -0.486 e. The highest BCUT2D eigenvalue weighted by molar-refractivity contribution is 5.94. The van der Waals surface area contributed by atoms with Crippen LogP contribution in [0.1, 0.15) is 46.8 Å². The smallest absolute Gasteiger partial charge is 0.287 e. The number of furan rings is 1. The lowest BCUT2D eigenvalue weighted by Gasteiger charge is -2.17. The fourth-order valence-corrected chi connectivity index (χ4v) is 3.31. The molecule has 0 aliphatic carbocycles. The highest BCUT2D eigenvalue weighted by Gasteiger charge is 2.17. The van der Waals surface area contributed by atoms with Crippen LogP contribution in [0, 0.1) is 5.82 Å². The summed E-state index contributed by atoms with van der Waals surface area (Å²) >= 11 is 0. The molecule has 2 amide bonds. The lowest BCUT2D eigenvalue weighted by Crippen LogP contribution is -2.26. The molecule has 2 aromatic carbocycles. The molecule has 2 N–H and O–H groups in total. The lowest BCUT2D eigenvalue weighted by atomic mass is 10.0. The number of hydrogen-bond acceptors (Lipinski definition) is 4. The van der Waals surface area contributed by atoms with Gasteiger partial charge in [-0.3, -0.25) is 9.59 Å². The van der Waals surface area contributed by atoms with Gasteiger partial charge in [-0.25, -0.2) is 4.39 Å². The van der Waals surface area contributed by atoms with Crippen LogP contribution in [0.4, 0.5) is 10.1 Å². The molecule has 0 spiro atoms. The molecular weight excluding hydrogens is 387 g/mol. The van der Waals surface area contributed by atoms with Crippen molar-refractivity contribution in [3.8, 4) is 5.75 Å². The molecule has 0 fully saturated rings. The molecule has 0 bridgehead atoms. The van der Waals surface area contributed by atoms with Crippen LogP contribution in [0.25, 0.3) is 0 Å². The molecule has 0 saturated carbocycles. The van der Waals surface area contributed by atoms with Crippen molar-refractivity contribution in [2.75, 3.05) is 5.32 Å². The Bertz CT molecular complexity index is 1090. The minimum absolute atomic E-state index is 0.0178. The first kappa shape index (κ1) is 19.7. The first-order chi connectivity index (χ1) is 14.5. The summed E-state index contributed by atoms with van der Waals surface area (Å²) in [6, 6.07) is 14.5. The number of fused-ring (bicyclic) bond motifs is 1. The zero-order valence-electron chi connectivity index (χ0n) is 16.4. The molecule has 0 unspecified atom stereocenters. The SMILES string of the molecule is C[C@H](NC(=O)c1ccc(COc2ccc3c(c2)CCC(=O)N3)o1)c1cccc(F)c1. The summed E-state index contributed by atoms with van der Waals surface area (Å²) < 4.78 is 24.7. The van der Waals surface area contributed by atoms with Crippen LogP contribution in [0.5, 0.6) is 5.75 Å². The summed E-state index contributed by atoms with van der Waals surface area (Å²) in [6.45, 7) is 1.94. The van der Waals surface area contributed by atoms with Crippen molar-refractivity contribution in [2.45, 2.75) is 32.4 Å². The van der Waals surface area contributed by atoms with E-state index in [0.717, 1.165) is 11.3 Å². The molecule has 30 heavy (non-hydrogen) atoms. The van der Waals surface area contributed by atoms with E-state index in [0.29, 0.717) is 29.9 Å². The third-order valence-electron chi connectivity index (χ3n) is 4.94. The maximum atomic E-state index is 13.4. The van der Waals surface area contributed by atoms with Gasteiger partial charge in [0.25, 0.3) is 5.91 Å². The van der Waals surface area contributed by atoms with E-state index in [1.165, 1.54) is 12.1 Å². The Morgan fingerprint density at radius 3 is 2.90 bits per heavy atom. The van der Waals surface area contributed by atoms with E-state index in [2.05, 4.69) is 10.6 Å². The maximum absolute atomic E-state index is 13.4. The van der Waals surface area contributed by atoms with E-state index >= 15 is 0 Å². The van der Waals surface area contributed by atoms with Crippen molar-refractivity contribution in [3.05, 3.63) is 83.1 Å². The Hall–Kier alpha value is -3.61.